The van der Waals surface area contributed by atoms with Crippen LogP contribution in [0, 0.1) is 13.8 Å². The standard InChI is InChI=1S/C16H18N4O3S/c1-11-15(12(2)23-18-11)24(21,22)19-14(13-7-5-4-6-8-13)16-17-9-10-20(16)3/h4-10,14,19H,1-3H3. The molecule has 2 heterocycles. The van der Waals surface area contributed by atoms with E-state index in [1.54, 1.807) is 30.8 Å². The molecule has 0 saturated carbocycles. The molecule has 0 fully saturated rings. The number of aromatic nitrogens is 3. The van der Waals surface area contributed by atoms with Crippen LogP contribution in [0.25, 0.3) is 0 Å². The summed E-state index contributed by atoms with van der Waals surface area (Å²) in [5.41, 5.74) is 1.12. The van der Waals surface area contributed by atoms with Gasteiger partial charge >= 0.3 is 0 Å². The minimum atomic E-state index is -3.83. The van der Waals surface area contributed by atoms with Gasteiger partial charge in [0.1, 0.15) is 22.5 Å². The molecule has 1 aromatic carbocycles. The summed E-state index contributed by atoms with van der Waals surface area (Å²) >= 11 is 0. The van der Waals surface area contributed by atoms with Crippen molar-refractivity contribution in [1.82, 2.24) is 19.4 Å². The molecule has 1 unspecified atom stereocenters. The predicted octanol–water partition coefficient (Wildman–Crippen LogP) is 2.09. The molecule has 7 nitrogen and oxygen atoms in total. The van der Waals surface area contributed by atoms with E-state index in [0.29, 0.717) is 11.5 Å². The highest BCUT2D eigenvalue weighted by Crippen LogP contribution is 2.25. The van der Waals surface area contributed by atoms with E-state index in [1.165, 1.54) is 0 Å². The van der Waals surface area contributed by atoms with E-state index in [9.17, 15) is 8.42 Å². The molecule has 0 saturated heterocycles. The molecule has 0 bridgehead atoms. The van der Waals surface area contributed by atoms with E-state index in [-0.39, 0.29) is 10.7 Å². The highest BCUT2D eigenvalue weighted by Gasteiger charge is 2.30. The van der Waals surface area contributed by atoms with Crippen LogP contribution in [0.5, 0.6) is 0 Å². The number of sulfonamides is 1. The normalized spacial score (nSPS) is 13.1. The summed E-state index contributed by atoms with van der Waals surface area (Å²) in [6, 6.07) is 8.68. The van der Waals surface area contributed by atoms with Gasteiger partial charge in [-0.2, -0.15) is 4.72 Å². The summed E-state index contributed by atoms with van der Waals surface area (Å²) in [7, 11) is -2.01. The molecule has 2 aromatic heterocycles. The van der Waals surface area contributed by atoms with E-state index in [4.69, 9.17) is 4.52 Å². The van der Waals surface area contributed by atoms with Crippen LogP contribution in [0.4, 0.5) is 0 Å². The van der Waals surface area contributed by atoms with Crippen molar-refractivity contribution in [2.75, 3.05) is 0 Å². The van der Waals surface area contributed by atoms with E-state index >= 15 is 0 Å². The van der Waals surface area contributed by atoms with Crippen molar-refractivity contribution in [3.63, 3.8) is 0 Å². The van der Waals surface area contributed by atoms with Crippen LogP contribution < -0.4 is 4.72 Å². The molecule has 0 amide bonds. The van der Waals surface area contributed by atoms with Gasteiger partial charge < -0.3 is 9.09 Å². The molecule has 0 spiro atoms. The summed E-state index contributed by atoms with van der Waals surface area (Å²) in [4.78, 5) is 4.37. The van der Waals surface area contributed by atoms with Crippen molar-refractivity contribution in [2.24, 2.45) is 7.05 Å². The summed E-state index contributed by atoms with van der Waals surface area (Å²) in [5.74, 6) is 0.850. The van der Waals surface area contributed by atoms with E-state index in [1.807, 2.05) is 37.4 Å². The molecule has 126 valence electrons. The van der Waals surface area contributed by atoms with Gasteiger partial charge in [-0.15, -0.1) is 0 Å². The van der Waals surface area contributed by atoms with E-state index in [2.05, 4.69) is 14.9 Å². The highest BCUT2D eigenvalue weighted by atomic mass is 32.2. The Morgan fingerprint density at radius 3 is 2.46 bits per heavy atom. The van der Waals surface area contributed by atoms with Crippen LogP contribution >= 0.6 is 0 Å². The summed E-state index contributed by atoms with van der Waals surface area (Å²) in [6.45, 7) is 3.18. The lowest BCUT2D eigenvalue weighted by molar-refractivity contribution is 0.390. The van der Waals surface area contributed by atoms with Crippen LogP contribution in [0.3, 0.4) is 0 Å². The average Bonchev–Trinajstić information content (AvgIpc) is 3.12. The Hall–Kier alpha value is -2.45. The van der Waals surface area contributed by atoms with Crippen molar-refractivity contribution in [3.05, 3.63) is 65.6 Å². The number of benzene rings is 1. The third kappa shape index (κ3) is 2.98. The Morgan fingerprint density at radius 2 is 1.92 bits per heavy atom. The van der Waals surface area contributed by atoms with Gasteiger partial charge in [0.2, 0.25) is 10.0 Å². The lowest BCUT2D eigenvalue weighted by atomic mass is 10.1. The van der Waals surface area contributed by atoms with Crippen LogP contribution in [0.15, 0.2) is 52.1 Å². The molecule has 3 aromatic rings. The molecule has 1 atom stereocenters. The van der Waals surface area contributed by atoms with Gasteiger partial charge in [0, 0.05) is 19.4 Å². The van der Waals surface area contributed by atoms with Gasteiger partial charge in [-0.1, -0.05) is 35.5 Å². The highest BCUT2D eigenvalue weighted by molar-refractivity contribution is 7.89. The minimum absolute atomic E-state index is 0.0673. The molecule has 0 aliphatic heterocycles. The number of aryl methyl sites for hydroxylation is 3. The van der Waals surface area contributed by atoms with Crippen LogP contribution in [0.2, 0.25) is 0 Å². The first-order valence-electron chi connectivity index (χ1n) is 7.37. The number of nitrogens with zero attached hydrogens (tertiary/aromatic N) is 3. The molecule has 0 radical (unpaired) electrons. The van der Waals surface area contributed by atoms with Crippen molar-refractivity contribution < 1.29 is 12.9 Å². The number of rotatable bonds is 5. The quantitative estimate of drug-likeness (QED) is 0.764. The molecular weight excluding hydrogens is 328 g/mol. The smallest absolute Gasteiger partial charge is 0.246 e. The summed E-state index contributed by atoms with van der Waals surface area (Å²) < 4.78 is 35.3. The summed E-state index contributed by atoms with van der Waals surface area (Å²) in [5, 5.41) is 3.73. The maximum absolute atomic E-state index is 12.9. The molecule has 0 aliphatic carbocycles. The minimum Gasteiger partial charge on any atom is -0.360 e. The van der Waals surface area contributed by atoms with Gasteiger partial charge in [-0.05, 0) is 19.4 Å². The SMILES string of the molecule is Cc1noc(C)c1S(=O)(=O)NC(c1ccccc1)c1nccn1C. The van der Waals surface area contributed by atoms with Gasteiger partial charge in [0.15, 0.2) is 5.76 Å². The fraction of sp³-hybridized carbons (Fsp3) is 0.250. The monoisotopic (exact) mass is 346 g/mol. The first-order valence-corrected chi connectivity index (χ1v) is 8.86. The Balaban J connectivity index is 2.07. The zero-order valence-electron chi connectivity index (χ0n) is 13.6. The van der Waals surface area contributed by atoms with Crippen molar-refractivity contribution in [1.29, 1.82) is 0 Å². The van der Waals surface area contributed by atoms with Crippen molar-refractivity contribution in [3.8, 4) is 0 Å². The van der Waals surface area contributed by atoms with Crippen molar-refractivity contribution in [2.45, 2.75) is 24.8 Å². The second-order valence-corrected chi connectivity index (χ2v) is 7.17. The number of hydrogen-bond donors (Lipinski definition) is 1. The topological polar surface area (TPSA) is 90.0 Å². The predicted molar refractivity (Wildman–Crippen MR) is 87.8 cm³/mol. The largest absolute Gasteiger partial charge is 0.360 e. The zero-order valence-corrected chi connectivity index (χ0v) is 14.4. The van der Waals surface area contributed by atoms with Gasteiger partial charge in [-0.3, -0.25) is 0 Å². The lowest BCUT2D eigenvalue weighted by Crippen LogP contribution is -2.31. The maximum Gasteiger partial charge on any atom is 0.246 e. The fourth-order valence-corrected chi connectivity index (χ4v) is 4.15. The summed E-state index contributed by atoms with van der Waals surface area (Å²) in [6.07, 6.45) is 3.41. The molecule has 3 rings (SSSR count). The van der Waals surface area contributed by atoms with E-state index in [0.717, 1.165) is 5.56 Å². The lowest BCUT2D eigenvalue weighted by Gasteiger charge is -2.19. The third-order valence-corrected chi connectivity index (χ3v) is 5.43. The second-order valence-electron chi connectivity index (χ2n) is 5.51. The molecule has 24 heavy (non-hydrogen) atoms. The van der Waals surface area contributed by atoms with Gasteiger partial charge in [0.05, 0.1) is 0 Å². The fourth-order valence-electron chi connectivity index (χ4n) is 2.64. The van der Waals surface area contributed by atoms with E-state index < -0.39 is 16.1 Å². The number of imidazole rings is 1. The Kier molecular flexibility index (Phi) is 4.25. The van der Waals surface area contributed by atoms with Crippen LogP contribution in [0.1, 0.15) is 28.9 Å². The first kappa shape index (κ1) is 16.4. The average molecular weight is 346 g/mol. The maximum atomic E-state index is 12.9. The van der Waals surface area contributed by atoms with Crippen LogP contribution in [-0.2, 0) is 17.1 Å². The Labute approximate surface area is 140 Å². The van der Waals surface area contributed by atoms with Crippen molar-refractivity contribution >= 4 is 10.0 Å². The molecule has 1 N–H and O–H groups in total. The zero-order chi connectivity index (χ0) is 17.3. The van der Waals surface area contributed by atoms with Gasteiger partial charge in [-0.25, -0.2) is 13.4 Å². The third-order valence-electron chi connectivity index (χ3n) is 3.76. The molecule has 8 heteroatoms. The number of hydrogen-bond acceptors (Lipinski definition) is 5. The Morgan fingerprint density at radius 1 is 1.21 bits per heavy atom. The second kappa shape index (κ2) is 6.21. The first-order chi connectivity index (χ1) is 11.4. The number of nitrogens with one attached hydrogen (secondary N) is 1. The molecule has 0 aliphatic rings. The van der Waals surface area contributed by atoms with Crippen LogP contribution in [-0.4, -0.2) is 23.1 Å². The molecular formula is C16H18N4O3S. The Bertz CT molecular complexity index is 925. The van der Waals surface area contributed by atoms with Gasteiger partial charge in [0.25, 0.3) is 0 Å².